The Morgan fingerprint density at radius 1 is 1.00 bits per heavy atom. The summed E-state index contributed by atoms with van der Waals surface area (Å²) in [5.74, 6) is -0.363. The summed E-state index contributed by atoms with van der Waals surface area (Å²) in [5.41, 5.74) is 2.73. The lowest BCUT2D eigenvalue weighted by Gasteiger charge is -2.21. The summed E-state index contributed by atoms with van der Waals surface area (Å²) < 4.78 is 10.8. The second-order valence-corrected chi connectivity index (χ2v) is 7.14. The first-order valence-electron chi connectivity index (χ1n) is 10.9. The molecule has 0 bridgehead atoms. The first-order chi connectivity index (χ1) is 15.6. The fraction of sp³-hybridized carbons (Fsp3) is 0.400. The summed E-state index contributed by atoms with van der Waals surface area (Å²) in [6.45, 7) is 4.91. The van der Waals surface area contributed by atoms with E-state index in [4.69, 9.17) is 14.7 Å². The molecule has 2 aromatic rings. The summed E-state index contributed by atoms with van der Waals surface area (Å²) in [6, 6.07) is 19.1. The highest BCUT2D eigenvalue weighted by Gasteiger charge is 2.16. The predicted molar refractivity (Wildman–Crippen MR) is 123 cm³/mol. The van der Waals surface area contributed by atoms with E-state index < -0.39 is 0 Å². The van der Waals surface area contributed by atoms with Crippen molar-refractivity contribution in [3.63, 3.8) is 0 Å². The van der Waals surface area contributed by atoms with Crippen molar-refractivity contribution in [3.05, 3.63) is 65.7 Å². The largest absolute Gasteiger partial charge is 0.379 e. The topological polar surface area (TPSA) is 91.7 Å². The minimum Gasteiger partial charge on any atom is -0.379 e. The third-order valence-electron chi connectivity index (χ3n) is 4.71. The molecule has 0 aromatic heterocycles. The number of nitrogens with one attached hydrogen (secondary N) is 1. The molecule has 0 aliphatic carbocycles. The average Bonchev–Trinajstić information content (AvgIpc) is 2.82. The number of carbonyl (C=O) groups excluding carboxylic acids is 2. The van der Waals surface area contributed by atoms with Gasteiger partial charge in [0.05, 0.1) is 32.3 Å². The Morgan fingerprint density at radius 3 is 2.50 bits per heavy atom. The first-order valence-corrected chi connectivity index (χ1v) is 10.9. The number of para-hydroxylation sites is 1. The zero-order valence-electron chi connectivity index (χ0n) is 18.6. The zero-order valence-corrected chi connectivity index (χ0v) is 18.6. The van der Waals surface area contributed by atoms with Crippen molar-refractivity contribution in [1.29, 1.82) is 5.26 Å². The average molecular weight is 438 g/mol. The maximum Gasteiger partial charge on any atom is 0.227 e. The molecule has 0 aliphatic rings. The molecule has 0 fully saturated rings. The molecule has 0 radical (unpaired) electrons. The van der Waals surface area contributed by atoms with E-state index in [0.29, 0.717) is 39.5 Å². The Labute approximate surface area is 189 Å². The molecule has 1 N–H and O–H groups in total. The molecule has 0 unspecified atom stereocenters. The number of carbonyl (C=O) groups is 2. The number of ether oxygens (including phenoxy) is 2. The predicted octanol–water partition coefficient (Wildman–Crippen LogP) is 3.58. The number of rotatable bonds is 14. The van der Waals surface area contributed by atoms with Crippen molar-refractivity contribution >= 4 is 17.5 Å². The molecule has 2 amide bonds. The summed E-state index contributed by atoms with van der Waals surface area (Å²) >= 11 is 0. The van der Waals surface area contributed by atoms with Crippen LogP contribution in [0.2, 0.25) is 0 Å². The smallest absolute Gasteiger partial charge is 0.227 e. The first kappa shape index (κ1) is 25.1. The number of benzene rings is 2. The molecule has 7 heteroatoms. The quantitative estimate of drug-likeness (QED) is 0.456. The van der Waals surface area contributed by atoms with Crippen molar-refractivity contribution in [2.45, 2.75) is 39.3 Å². The van der Waals surface area contributed by atoms with E-state index in [-0.39, 0.29) is 31.1 Å². The van der Waals surface area contributed by atoms with Crippen molar-refractivity contribution in [3.8, 4) is 6.07 Å². The van der Waals surface area contributed by atoms with Crippen LogP contribution < -0.4 is 10.2 Å². The SMILES string of the molecule is CCOCCOCc1cccc(CNC(=O)CCC(=O)N(CCC#N)c2ccccc2)c1. The third-order valence-corrected chi connectivity index (χ3v) is 4.71. The van der Waals surface area contributed by atoms with Crippen LogP contribution in [0.1, 0.15) is 37.3 Å². The number of nitrogens with zero attached hydrogens (tertiary/aromatic N) is 2. The summed E-state index contributed by atoms with van der Waals surface area (Å²) in [6.07, 6.45) is 0.410. The van der Waals surface area contributed by atoms with E-state index in [1.165, 1.54) is 0 Å². The van der Waals surface area contributed by atoms with Crippen LogP contribution in [0.25, 0.3) is 0 Å². The van der Waals surface area contributed by atoms with Crippen molar-refractivity contribution in [2.24, 2.45) is 0 Å². The number of hydrogen-bond acceptors (Lipinski definition) is 5. The van der Waals surface area contributed by atoms with Gasteiger partial charge in [0.1, 0.15) is 0 Å². The van der Waals surface area contributed by atoms with Gasteiger partial charge in [-0.2, -0.15) is 5.26 Å². The van der Waals surface area contributed by atoms with Gasteiger partial charge in [-0.05, 0) is 30.2 Å². The summed E-state index contributed by atoms with van der Waals surface area (Å²) in [7, 11) is 0. The number of amides is 2. The lowest BCUT2D eigenvalue weighted by atomic mass is 10.1. The van der Waals surface area contributed by atoms with Gasteiger partial charge in [-0.25, -0.2) is 0 Å². The molecular formula is C25H31N3O4. The standard InChI is InChI=1S/C25H31N3O4/c1-2-31-16-17-32-20-22-9-6-8-21(18-22)19-27-24(29)12-13-25(30)28(15-7-14-26)23-10-4-3-5-11-23/h3-6,8-11,18H,2,7,12-13,15-17,19-20H2,1H3,(H,27,29). The van der Waals surface area contributed by atoms with Gasteiger partial charge < -0.3 is 19.7 Å². The molecule has 32 heavy (non-hydrogen) atoms. The Morgan fingerprint density at radius 2 is 1.75 bits per heavy atom. The molecule has 0 spiro atoms. The van der Waals surface area contributed by atoms with Gasteiger partial charge in [0, 0.05) is 38.2 Å². The van der Waals surface area contributed by atoms with Gasteiger partial charge in [0.25, 0.3) is 0 Å². The van der Waals surface area contributed by atoms with Crippen LogP contribution in [0.3, 0.4) is 0 Å². The third kappa shape index (κ3) is 9.29. The second-order valence-electron chi connectivity index (χ2n) is 7.14. The van der Waals surface area contributed by atoms with Crippen LogP contribution >= 0.6 is 0 Å². The van der Waals surface area contributed by atoms with E-state index in [2.05, 4.69) is 11.4 Å². The van der Waals surface area contributed by atoms with Crippen LogP contribution in [0.5, 0.6) is 0 Å². The fourth-order valence-corrected chi connectivity index (χ4v) is 3.09. The lowest BCUT2D eigenvalue weighted by molar-refractivity contribution is -0.125. The van der Waals surface area contributed by atoms with Crippen molar-refractivity contribution < 1.29 is 19.1 Å². The molecule has 0 saturated carbocycles. The number of hydrogen-bond donors (Lipinski definition) is 1. The zero-order chi connectivity index (χ0) is 23.0. The van der Waals surface area contributed by atoms with Crippen LogP contribution in [0, 0.1) is 11.3 Å². The lowest BCUT2D eigenvalue weighted by Crippen LogP contribution is -2.33. The van der Waals surface area contributed by atoms with Crippen LogP contribution in [0.15, 0.2) is 54.6 Å². The molecule has 2 rings (SSSR count). The van der Waals surface area contributed by atoms with E-state index >= 15 is 0 Å². The van der Waals surface area contributed by atoms with E-state index in [0.717, 1.165) is 16.8 Å². The highest BCUT2D eigenvalue weighted by atomic mass is 16.5. The van der Waals surface area contributed by atoms with E-state index in [1.54, 1.807) is 4.90 Å². The maximum absolute atomic E-state index is 12.7. The van der Waals surface area contributed by atoms with E-state index in [1.807, 2.05) is 61.5 Å². The molecule has 170 valence electrons. The molecule has 7 nitrogen and oxygen atoms in total. The minimum absolute atomic E-state index is 0.0832. The molecule has 0 aliphatic heterocycles. The second kappa shape index (κ2) is 14.7. The molecule has 2 aromatic carbocycles. The Kier molecular flexibility index (Phi) is 11.5. The van der Waals surface area contributed by atoms with Crippen LogP contribution in [0.4, 0.5) is 5.69 Å². The summed E-state index contributed by atoms with van der Waals surface area (Å²) in [5, 5.41) is 11.7. The van der Waals surface area contributed by atoms with Gasteiger partial charge in [-0.15, -0.1) is 0 Å². The Balaban J connectivity index is 1.78. The summed E-state index contributed by atoms with van der Waals surface area (Å²) in [4.78, 5) is 26.5. The monoisotopic (exact) mass is 437 g/mol. The van der Waals surface area contributed by atoms with E-state index in [9.17, 15) is 9.59 Å². The minimum atomic E-state index is -0.190. The van der Waals surface area contributed by atoms with Gasteiger partial charge in [0.2, 0.25) is 11.8 Å². The van der Waals surface area contributed by atoms with Gasteiger partial charge in [-0.1, -0.05) is 42.5 Å². The number of anilines is 1. The highest BCUT2D eigenvalue weighted by Crippen LogP contribution is 2.15. The normalized spacial score (nSPS) is 10.4. The van der Waals surface area contributed by atoms with Gasteiger partial charge >= 0.3 is 0 Å². The van der Waals surface area contributed by atoms with Crippen LogP contribution in [-0.2, 0) is 32.2 Å². The van der Waals surface area contributed by atoms with Gasteiger partial charge in [-0.3, -0.25) is 9.59 Å². The van der Waals surface area contributed by atoms with Crippen LogP contribution in [-0.4, -0.2) is 38.2 Å². The maximum atomic E-state index is 12.7. The molecule has 0 atom stereocenters. The van der Waals surface area contributed by atoms with Crippen molar-refractivity contribution in [1.82, 2.24) is 5.32 Å². The Hall–Kier alpha value is -3.21. The fourth-order valence-electron chi connectivity index (χ4n) is 3.09. The highest BCUT2D eigenvalue weighted by molar-refractivity contribution is 5.95. The van der Waals surface area contributed by atoms with Gasteiger partial charge in [0.15, 0.2) is 0 Å². The Bertz CT molecular complexity index is 880. The molecule has 0 heterocycles. The van der Waals surface area contributed by atoms with Crippen molar-refractivity contribution in [2.75, 3.05) is 31.3 Å². The molecular weight excluding hydrogens is 406 g/mol. The number of nitriles is 1. The molecule has 0 saturated heterocycles.